The largest absolute Gasteiger partial charge is 0.381 e. The summed E-state index contributed by atoms with van der Waals surface area (Å²) in [7, 11) is 3.94. The number of urea groups is 1. The van der Waals surface area contributed by atoms with Gasteiger partial charge >= 0.3 is 6.03 Å². The molecule has 6 heteroatoms. The summed E-state index contributed by atoms with van der Waals surface area (Å²) in [5.74, 6) is 0.698. The van der Waals surface area contributed by atoms with Gasteiger partial charge in [0.15, 0.2) is 0 Å². The van der Waals surface area contributed by atoms with Crippen LogP contribution < -0.4 is 10.2 Å². The Morgan fingerprint density at radius 2 is 1.89 bits per heavy atom. The van der Waals surface area contributed by atoms with Crippen LogP contribution in [0.25, 0.3) is 0 Å². The smallest absolute Gasteiger partial charge is 0.317 e. The van der Waals surface area contributed by atoms with E-state index in [1.165, 1.54) is 12.1 Å². The zero-order chi connectivity index (χ0) is 19.1. The number of anilines is 1. The predicted octanol–water partition coefficient (Wildman–Crippen LogP) is 2.27. The van der Waals surface area contributed by atoms with Crippen LogP contribution in [0.2, 0.25) is 0 Å². The van der Waals surface area contributed by atoms with E-state index < -0.39 is 0 Å². The summed E-state index contributed by atoms with van der Waals surface area (Å²) in [5.41, 5.74) is 1.17. The monoisotopic (exact) mass is 374 g/mol. The van der Waals surface area contributed by atoms with Crippen LogP contribution in [-0.4, -0.2) is 81.9 Å². The number of carbonyl (C=O) groups excluding carboxylic acids is 1. The van der Waals surface area contributed by atoms with E-state index in [1.54, 1.807) is 4.90 Å². The number of rotatable bonds is 7. The van der Waals surface area contributed by atoms with Crippen molar-refractivity contribution >= 4 is 11.7 Å². The maximum absolute atomic E-state index is 12.5. The highest BCUT2D eigenvalue weighted by Crippen LogP contribution is 2.18. The first-order valence-corrected chi connectivity index (χ1v) is 10.2. The molecule has 2 heterocycles. The number of likely N-dealkylation sites (tertiary alicyclic amines) is 1. The summed E-state index contributed by atoms with van der Waals surface area (Å²) < 4.78 is 5.47. The summed E-state index contributed by atoms with van der Waals surface area (Å²) in [6.45, 7) is 6.64. The number of nitrogens with zero attached hydrogens (tertiary/aromatic N) is 3. The van der Waals surface area contributed by atoms with E-state index in [-0.39, 0.29) is 6.03 Å². The molecule has 2 fully saturated rings. The molecule has 2 aliphatic heterocycles. The van der Waals surface area contributed by atoms with Gasteiger partial charge in [-0.2, -0.15) is 0 Å². The number of carbonyl (C=O) groups is 1. The van der Waals surface area contributed by atoms with Crippen LogP contribution in [0.5, 0.6) is 0 Å². The van der Waals surface area contributed by atoms with Crippen molar-refractivity contribution < 1.29 is 9.53 Å². The fourth-order valence-corrected chi connectivity index (χ4v) is 3.85. The maximum atomic E-state index is 12.5. The molecule has 0 spiro atoms. The van der Waals surface area contributed by atoms with Crippen molar-refractivity contribution in [2.24, 2.45) is 5.92 Å². The summed E-state index contributed by atoms with van der Waals surface area (Å²) >= 11 is 0. The van der Waals surface area contributed by atoms with Crippen LogP contribution in [0.15, 0.2) is 30.3 Å². The van der Waals surface area contributed by atoms with Gasteiger partial charge in [-0.25, -0.2) is 4.79 Å². The van der Waals surface area contributed by atoms with Gasteiger partial charge in [-0.1, -0.05) is 18.2 Å². The minimum atomic E-state index is 0.0408. The highest BCUT2D eigenvalue weighted by molar-refractivity contribution is 5.74. The molecule has 0 bridgehead atoms. The van der Waals surface area contributed by atoms with Crippen LogP contribution in [0, 0.1) is 5.92 Å². The van der Waals surface area contributed by atoms with E-state index in [0.717, 1.165) is 52.2 Å². The van der Waals surface area contributed by atoms with Crippen molar-refractivity contribution in [3.63, 3.8) is 0 Å². The van der Waals surface area contributed by atoms with E-state index >= 15 is 0 Å². The molecule has 0 aromatic heterocycles. The Balaban J connectivity index is 1.33. The number of nitrogens with one attached hydrogen (secondary N) is 1. The number of piperidine rings is 1. The highest BCUT2D eigenvalue weighted by atomic mass is 16.5. The van der Waals surface area contributed by atoms with Gasteiger partial charge in [0.1, 0.15) is 0 Å². The Labute approximate surface area is 163 Å². The van der Waals surface area contributed by atoms with Crippen LogP contribution >= 0.6 is 0 Å². The fraction of sp³-hybridized carbons (Fsp3) is 0.667. The summed E-state index contributed by atoms with van der Waals surface area (Å²) in [5, 5.41) is 3.21. The number of para-hydroxylation sites is 1. The van der Waals surface area contributed by atoms with Crippen molar-refractivity contribution in [1.82, 2.24) is 15.1 Å². The molecule has 150 valence electrons. The van der Waals surface area contributed by atoms with E-state index in [4.69, 9.17) is 4.74 Å². The lowest BCUT2D eigenvalue weighted by molar-refractivity contribution is 0.145. The molecule has 0 aliphatic carbocycles. The quantitative estimate of drug-likeness (QED) is 0.795. The Hall–Kier alpha value is -1.79. The van der Waals surface area contributed by atoms with Gasteiger partial charge in [-0.05, 0) is 37.3 Å². The van der Waals surface area contributed by atoms with Crippen LogP contribution in [0.4, 0.5) is 10.5 Å². The first kappa shape index (κ1) is 20.0. The summed E-state index contributed by atoms with van der Waals surface area (Å²) in [6.07, 6.45) is 3.27. The lowest BCUT2D eigenvalue weighted by Gasteiger charge is -2.34. The second kappa shape index (κ2) is 9.95. The van der Waals surface area contributed by atoms with E-state index in [0.29, 0.717) is 18.5 Å². The Morgan fingerprint density at radius 1 is 1.15 bits per heavy atom. The van der Waals surface area contributed by atoms with Gasteiger partial charge in [0, 0.05) is 65.2 Å². The summed E-state index contributed by atoms with van der Waals surface area (Å²) in [4.78, 5) is 19.0. The molecule has 0 radical (unpaired) electrons. The Kier molecular flexibility index (Phi) is 7.35. The molecular formula is C21H34N4O2. The molecule has 1 aromatic rings. The first-order chi connectivity index (χ1) is 13.1. The third-order valence-corrected chi connectivity index (χ3v) is 5.77. The van der Waals surface area contributed by atoms with Crippen LogP contribution in [-0.2, 0) is 4.74 Å². The summed E-state index contributed by atoms with van der Waals surface area (Å²) in [6, 6.07) is 10.6. The van der Waals surface area contributed by atoms with Gasteiger partial charge in [-0.3, -0.25) is 0 Å². The van der Waals surface area contributed by atoms with Crippen molar-refractivity contribution in [1.29, 1.82) is 0 Å². The second-order valence-electron chi connectivity index (χ2n) is 7.93. The minimum absolute atomic E-state index is 0.0408. The number of hydrogen-bond acceptors (Lipinski definition) is 4. The second-order valence-corrected chi connectivity index (χ2v) is 7.93. The molecule has 27 heavy (non-hydrogen) atoms. The van der Waals surface area contributed by atoms with Gasteiger partial charge in [0.05, 0.1) is 6.61 Å². The van der Waals surface area contributed by atoms with Crippen LogP contribution in [0.3, 0.4) is 0 Å². The molecule has 1 N–H and O–H groups in total. The lowest BCUT2D eigenvalue weighted by atomic mass is 10.0. The molecule has 2 saturated heterocycles. The van der Waals surface area contributed by atoms with Gasteiger partial charge in [0.2, 0.25) is 0 Å². The molecule has 2 aliphatic rings. The third kappa shape index (κ3) is 6.11. The standard InChI is InChI=1S/C21H34N4O2/c1-23(20-6-4-3-5-7-20)13-14-24(2)21(26)22-19-8-11-25(12-9-19)16-18-10-15-27-17-18/h3-7,18-19H,8-17H2,1-2H3,(H,22,26). The number of likely N-dealkylation sites (N-methyl/N-ethyl adjacent to an activating group) is 2. The molecule has 2 amide bonds. The van der Waals surface area contributed by atoms with Crippen molar-refractivity contribution in [3.05, 3.63) is 30.3 Å². The van der Waals surface area contributed by atoms with Gasteiger partial charge in [0.25, 0.3) is 0 Å². The highest BCUT2D eigenvalue weighted by Gasteiger charge is 2.25. The normalized spacial score (nSPS) is 21.2. The topological polar surface area (TPSA) is 48.0 Å². The molecule has 6 nitrogen and oxygen atoms in total. The molecular weight excluding hydrogens is 340 g/mol. The Bertz CT molecular complexity index is 569. The van der Waals surface area contributed by atoms with Crippen molar-refractivity contribution in [2.45, 2.75) is 25.3 Å². The Morgan fingerprint density at radius 3 is 2.56 bits per heavy atom. The van der Waals surface area contributed by atoms with Crippen molar-refractivity contribution in [3.8, 4) is 0 Å². The third-order valence-electron chi connectivity index (χ3n) is 5.77. The molecule has 1 unspecified atom stereocenters. The zero-order valence-corrected chi connectivity index (χ0v) is 16.8. The number of ether oxygens (including phenoxy) is 1. The van der Waals surface area contributed by atoms with Crippen molar-refractivity contribution in [2.75, 3.05) is 64.9 Å². The van der Waals surface area contributed by atoms with E-state index in [2.05, 4.69) is 34.3 Å². The maximum Gasteiger partial charge on any atom is 0.317 e. The number of amides is 2. The SMILES string of the molecule is CN(CCN(C)c1ccccc1)C(=O)NC1CCN(CC2CCOC2)CC1. The number of hydrogen-bond donors (Lipinski definition) is 1. The van der Waals surface area contributed by atoms with Crippen LogP contribution in [0.1, 0.15) is 19.3 Å². The lowest BCUT2D eigenvalue weighted by Crippen LogP contribution is -2.49. The molecule has 0 saturated carbocycles. The molecule has 3 rings (SSSR count). The van der Waals surface area contributed by atoms with E-state index in [1.807, 2.05) is 25.2 Å². The van der Waals surface area contributed by atoms with Gasteiger partial charge < -0.3 is 24.8 Å². The average Bonchev–Trinajstić information content (AvgIpc) is 3.21. The van der Waals surface area contributed by atoms with E-state index in [9.17, 15) is 4.79 Å². The first-order valence-electron chi connectivity index (χ1n) is 10.2. The average molecular weight is 375 g/mol. The number of benzene rings is 1. The fourth-order valence-electron chi connectivity index (χ4n) is 3.85. The van der Waals surface area contributed by atoms with Gasteiger partial charge in [-0.15, -0.1) is 0 Å². The molecule has 1 atom stereocenters. The predicted molar refractivity (Wildman–Crippen MR) is 109 cm³/mol. The molecule has 1 aromatic carbocycles. The minimum Gasteiger partial charge on any atom is -0.381 e. The zero-order valence-electron chi connectivity index (χ0n) is 16.8.